The molecule has 0 saturated carbocycles. The lowest BCUT2D eigenvalue weighted by molar-refractivity contribution is -0.141. The van der Waals surface area contributed by atoms with Gasteiger partial charge >= 0.3 is 5.97 Å². The molecule has 1 aromatic rings. The molecule has 1 aromatic heterocycles. The van der Waals surface area contributed by atoms with Crippen molar-refractivity contribution in [1.82, 2.24) is 9.47 Å². The van der Waals surface area contributed by atoms with Gasteiger partial charge in [0, 0.05) is 29.8 Å². The molecule has 2 heterocycles. The third kappa shape index (κ3) is 7.40. The maximum atomic E-state index is 13.6. The van der Waals surface area contributed by atoms with Gasteiger partial charge in [-0.3, -0.25) is 9.59 Å². The molecule has 2 rings (SSSR count). The van der Waals surface area contributed by atoms with Crippen molar-refractivity contribution in [2.45, 2.75) is 84.7 Å². The van der Waals surface area contributed by atoms with E-state index in [1.54, 1.807) is 11.8 Å². The Balaban J connectivity index is 2.33. The van der Waals surface area contributed by atoms with Crippen LogP contribution in [-0.2, 0) is 25.7 Å². The highest BCUT2D eigenvalue weighted by Crippen LogP contribution is 2.29. The van der Waals surface area contributed by atoms with Crippen LogP contribution in [0.4, 0.5) is 0 Å². The Bertz CT molecular complexity index is 867. The van der Waals surface area contributed by atoms with Crippen LogP contribution in [0.15, 0.2) is 18.3 Å². The third-order valence-electron chi connectivity index (χ3n) is 6.38. The number of aromatic nitrogens is 1. The van der Waals surface area contributed by atoms with Crippen LogP contribution >= 0.6 is 0 Å². The van der Waals surface area contributed by atoms with Gasteiger partial charge in [0.1, 0.15) is 19.2 Å². The minimum atomic E-state index is -1.50. The quantitative estimate of drug-likeness (QED) is 0.328. The van der Waals surface area contributed by atoms with E-state index in [-0.39, 0.29) is 36.5 Å². The summed E-state index contributed by atoms with van der Waals surface area (Å²) >= 11 is 0. The van der Waals surface area contributed by atoms with Gasteiger partial charge in [-0.1, -0.05) is 45.4 Å². The number of ether oxygens (including phenoxy) is 3. The number of carbonyl (C=O) groups is 2. The van der Waals surface area contributed by atoms with Crippen molar-refractivity contribution < 1.29 is 23.8 Å². The van der Waals surface area contributed by atoms with E-state index in [2.05, 4.69) is 53.1 Å². The molecule has 0 bridgehead atoms. The Kier molecular flexibility index (Phi) is 9.32. The number of esters is 1. The topological polar surface area (TPSA) is 70.0 Å². The van der Waals surface area contributed by atoms with Crippen LogP contribution in [0.25, 0.3) is 5.57 Å². The van der Waals surface area contributed by atoms with E-state index in [0.29, 0.717) is 25.6 Å². The Hall–Kier alpha value is -1.69. The molecule has 0 N–H and O–H groups in total. The number of amides is 1. The molecule has 0 spiro atoms. The third-order valence-corrected chi connectivity index (χ3v) is 11.6. The van der Waals surface area contributed by atoms with Crippen LogP contribution in [0.3, 0.4) is 0 Å². The summed E-state index contributed by atoms with van der Waals surface area (Å²) in [4.78, 5) is 27.6. The highest BCUT2D eigenvalue weighted by molar-refractivity contribution is 6.77. The zero-order chi connectivity index (χ0) is 25.0. The van der Waals surface area contributed by atoms with Crippen molar-refractivity contribution in [2.24, 2.45) is 0 Å². The second-order valence-corrected chi connectivity index (χ2v) is 22.0. The summed E-state index contributed by atoms with van der Waals surface area (Å²) < 4.78 is 19.3. The number of rotatable bonds is 11. The summed E-state index contributed by atoms with van der Waals surface area (Å²) in [6.45, 7) is 20.7. The van der Waals surface area contributed by atoms with E-state index >= 15 is 0 Å². The fraction of sp³-hybridized carbons (Fsp3) is 0.667. The Morgan fingerprint density at radius 2 is 1.61 bits per heavy atom. The predicted molar refractivity (Wildman–Crippen MR) is 137 cm³/mol. The molecule has 1 aliphatic rings. The molecule has 0 fully saturated rings. The van der Waals surface area contributed by atoms with E-state index in [1.807, 2.05) is 22.9 Å². The van der Waals surface area contributed by atoms with E-state index in [4.69, 9.17) is 14.2 Å². The highest BCUT2D eigenvalue weighted by Gasteiger charge is 2.31. The number of fused-ring (bicyclic) bond motifs is 1. The fourth-order valence-electron chi connectivity index (χ4n) is 3.18. The summed E-state index contributed by atoms with van der Waals surface area (Å²) in [5.74, 6) is -0.410. The van der Waals surface area contributed by atoms with Gasteiger partial charge in [-0.05, 0) is 32.4 Å². The van der Waals surface area contributed by atoms with Crippen molar-refractivity contribution in [1.29, 1.82) is 0 Å². The largest absolute Gasteiger partial charge is 0.466 e. The molecule has 1 amide bonds. The molecule has 2 unspecified atom stereocenters. The van der Waals surface area contributed by atoms with Crippen molar-refractivity contribution in [3.8, 4) is 0 Å². The van der Waals surface area contributed by atoms with Crippen LogP contribution in [0.5, 0.6) is 0 Å². The Morgan fingerprint density at radius 1 is 1.03 bits per heavy atom. The SMILES string of the molecule is CCOC(=O)CC1=CCN(COC(C)[Si](C)(C)C)C(=O)c2c1ccn2COC(C)[Si](C)(C)C. The lowest BCUT2D eigenvalue weighted by Gasteiger charge is -2.29. The maximum Gasteiger partial charge on any atom is 0.310 e. The summed E-state index contributed by atoms with van der Waals surface area (Å²) in [6, 6.07) is 1.90. The molecule has 2 atom stereocenters. The summed E-state index contributed by atoms with van der Waals surface area (Å²) in [6.07, 6.45) is 3.94. The molecule has 33 heavy (non-hydrogen) atoms. The van der Waals surface area contributed by atoms with E-state index in [0.717, 1.165) is 11.1 Å². The van der Waals surface area contributed by atoms with Gasteiger partial charge in [0.15, 0.2) is 0 Å². The first-order valence-corrected chi connectivity index (χ1v) is 19.0. The predicted octanol–water partition coefficient (Wildman–Crippen LogP) is 4.76. The smallest absolute Gasteiger partial charge is 0.310 e. The minimum absolute atomic E-state index is 0.114. The summed E-state index contributed by atoms with van der Waals surface area (Å²) in [7, 11) is -2.97. The molecule has 7 nitrogen and oxygen atoms in total. The van der Waals surface area contributed by atoms with Gasteiger partial charge in [-0.2, -0.15) is 0 Å². The first-order valence-electron chi connectivity index (χ1n) is 11.8. The normalized spacial score (nSPS) is 16.7. The van der Waals surface area contributed by atoms with Crippen molar-refractivity contribution in [3.05, 3.63) is 29.6 Å². The lowest BCUT2D eigenvalue weighted by atomic mass is 10.0. The number of carbonyl (C=O) groups excluding carboxylic acids is 2. The molecule has 0 saturated heterocycles. The Labute approximate surface area is 201 Å². The van der Waals surface area contributed by atoms with Gasteiger partial charge in [-0.25, -0.2) is 0 Å². The number of hydrogen-bond acceptors (Lipinski definition) is 5. The molecule has 0 radical (unpaired) electrons. The zero-order valence-corrected chi connectivity index (χ0v) is 23.9. The maximum absolute atomic E-state index is 13.6. The molecule has 1 aliphatic heterocycles. The molecule has 0 aliphatic carbocycles. The number of nitrogens with zero attached hydrogens (tertiary/aromatic N) is 2. The van der Waals surface area contributed by atoms with E-state index in [1.165, 1.54) is 0 Å². The average Bonchev–Trinajstić information content (AvgIpc) is 3.07. The zero-order valence-electron chi connectivity index (χ0n) is 21.9. The summed E-state index contributed by atoms with van der Waals surface area (Å²) in [5.41, 5.74) is 2.36. The van der Waals surface area contributed by atoms with Gasteiger partial charge < -0.3 is 23.7 Å². The first-order chi connectivity index (χ1) is 15.3. The van der Waals surface area contributed by atoms with Crippen LogP contribution in [0.2, 0.25) is 39.3 Å². The van der Waals surface area contributed by atoms with Gasteiger partial charge in [0.25, 0.3) is 5.91 Å². The van der Waals surface area contributed by atoms with Gasteiger partial charge in [0.2, 0.25) is 0 Å². The molecule has 186 valence electrons. The fourth-order valence-corrected chi connectivity index (χ4v) is 4.33. The van der Waals surface area contributed by atoms with Crippen LogP contribution in [-0.4, -0.2) is 68.8 Å². The monoisotopic (exact) mass is 494 g/mol. The van der Waals surface area contributed by atoms with Crippen molar-refractivity contribution in [2.75, 3.05) is 19.9 Å². The second-order valence-electron chi connectivity index (χ2n) is 10.9. The first kappa shape index (κ1) is 27.6. The Morgan fingerprint density at radius 3 is 2.15 bits per heavy atom. The van der Waals surface area contributed by atoms with Crippen LogP contribution in [0.1, 0.15) is 43.2 Å². The second kappa shape index (κ2) is 11.2. The van der Waals surface area contributed by atoms with Crippen molar-refractivity contribution >= 4 is 33.6 Å². The van der Waals surface area contributed by atoms with E-state index in [9.17, 15) is 9.59 Å². The molecular weight excluding hydrogens is 452 g/mol. The van der Waals surface area contributed by atoms with E-state index < -0.39 is 16.1 Å². The molecular formula is C24H42N2O5Si2. The van der Waals surface area contributed by atoms with Gasteiger partial charge in [0.05, 0.1) is 29.2 Å². The minimum Gasteiger partial charge on any atom is -0.466 e. The molecule has 9 heteroatoms. The summed E-state index contributed by atoms with van der Waals surface area (Å²) in [5, 5.41) is 0. The standard InChI is InChI=1S/C24H42N2O5Si2/c1-10-29-22(27)15-20-11-13-26(17-31-19(3)33(7,8)9)24(28)23-21(20)12-14-25(23)16-30-18(2)32(4,5)6/h11-12,14,18-19H,10,13,15-17H2,1-9H3. The van der Waals surface area contributed by atoms with Crippen molar-refractivity contribution in [3.63, 3.8) is 0 Å². The molecule has 0 aromatic carbocycles. The lowest BCUT2D eigenvalue weighted by Crippen LogP contribution is -2.42. The average molecular weight is 495 g/mol. The number of hydrogen-bond donors (Lipinski definition) is 0. The highest BCUT2D eigenvalue weighted by atomic mass is 28.3. The van der Waals surface area contributed by atoms with Crippen LogP contribution < -0.4 is 0 Å². The van der Waals surface area contributed by atoms with Gasteiger partial charge in [-0.15, -0.1) is 0 Å². The van der Waals surface area contributed by atoms with Crippen LogP contribution in [0, 0.1) is 0 Å².